The average molecular weight is 358 g/mol. The highest BCUT2D eigenvalue weighted by Gasteiger charge is 2.31. The maximum atomic E-state index is 12.8. The minimum absolute atomic E-state index is 0.00969. The number of carbonyl (C=O) groups excluding carboxylic acids is 1. The number of hydrogen-bond donors (Lipinski definition) is 0. The van der Waals surface area contributed by atoms with E-state index in [9.17, 15) is 4.79 Å². The monoisotopic (exact) mass is 358 g/mol. The summed E-state index contributed by atoms with van der Waals surface area (Å²) in [5, 5.41) is 6.07. The van der Waals surface area contributed by atoms with Crippen molar-refractivity contribution in [3.63, 3.8) is 0 Å². The van der Waals surface area contributed by atoms with Gasteiger partial charge in [0.15, 0.2) is 4.96 Å². The standard InChI is InChI=1S/C16H18N6O2S/c23-14(12-10-22-8-9-25-16(22)17-12)20-4-1-5-21(7-6-20)15-18-13(24-19-15)11-2-3-11/h8-11H,1-7H2. The molecule has 1 aliphatic carbocycles. The second-order valence-electron chi connectivity index (χ2n) is 6.56. The summed E-state index contributed by atoms with van der Waals surface area (Å²) in [7, 11) is 0. The van der Waals surface area contributed by atoms with Crippen LogP contribution in [-0.2, 0) is 0 Å². The lowest BCUT2D eigenvalue weighted by molar-refractivity contribution is 0.0762. The van der Waals surface area contributed by atoms with Crippen LogP contribution in [0.4, 0.5) is 5.95 Å². The second-order valence-corrected chi connectivity index (χ2v) is 7.43. The molecule has 130 valence electrons. The first-order valence-electron chi connectivity index (χ1n) is 8.58. The van der Waals surface area contributed by atoms with Crippen LogP contribution in [-0.4, -0.2) is 56.5 Å². The number of fused-ring (bicyclic) bond motifs is 1. The predicted molar refractivity (Wildman–Crippen MR) is 92.1 cm³/mol. The summed E-state index contributed by atoms with van der Waals surface area (Å²) in [5.41, 5.74) is 0.510. The largest absolute Gasteiger partial charge is 0.337 e. The van der Waals surface area contributed by atoms with E-state index >= 15 is 0 Å². The molecule has 4 heterocycles. The SMILES string of the molecule is O=C(c1cn2ccsc2n1)N1CCCN(c2noc(C3CC3)n2)CC1. The molecule has 1 aliphatic heterocycles. The Balaban J connectivity index is 1.28. The highest BCUT2D eigenvalue weighted by atomic mass is 32.1. The summed E-state index contributed by atoms with van der Waals surface area (Å²) < 4.78 is 7.25. The van der Waals surface area contributed by atoms with Gasteiger partial charge >= 0.3 is 0 Å². The molecule has 0 unspecified atom stereocenters. The van der Waals surface area contributed by atoms with Gasteiger partial charge in [0, 0.05) is 49.9 Å². The van der Waals surface area contributed by atoms with E-state index in [0.717, 1.165) is 36.7 Å². The Hall–Kier alpha value is -2.42. The van der Waals surface area contributed by atoms with Crippen molar-refractivity contribution >= 4 is 28.2 Å². The molecule has 5 rings (SSSR count). The zero-order chi connectivity index (χ0) is 16.8. The first kappa shape index (κ1) is 14.9. The molecule has 1 saturated heterocycles. The maximum absolute atomic E-state index is 12.8. The fourth-order valence-corrected chi connectivity index (χ4v) is 3.86. The summed E-state index contributed by atoms with van der Waals surface area (Å²) in [6.07, 6.45) is 6.89. The summed E-state index contributed by atoms with van der Waals surface area (Å²) in [4.78, 5) is 26.5. The number of amides is 1. The Morgan fingerprint density at radius 1 is 1.20 bits per heavy atom. The average Bonchev–Trinajstić information content (AvgIpc) is 3.07. The van der Waals surface area contributed by atoms with Crippen molar-refractivity contribution in [1.82, 2.24) is 24.4 Å². The third-order valence-corrected chi connectivity index (χ3v) is 5.51. The quantitative estimate of drug-likeness (QED) is 0.712. The Kier molecular flexibility index (Phi) is 3.47. The van der Waals surface area contributed by atoms with Gasteiger partial charge in [-0.2, -0.15) is 4.98 Å². The number of anilines is 1. The van der Waals surface area contributed by atoms with E-state index in [0.29, 0.717) is 37.2 Å². The molecule has 0 aromatic carbocycles. The Bertz CT molecular complexity index is 882. The molecule has 8 nitrogen and oxygen atoms in total. The molecular formula is C16H18N6O2S. The van der Waals surface area contributed by atoms with E-state index in [4.69, 9.17) is 4.52 Å². The summed E-state index contributed by atoms with van der Waals surface area (Å²) in [6, 6.07) is 0. The Morgan fingerprint density at radius 3 is 2.96 bits per heavy atom. The number of imidazole rings is 1. The number of carbonyl (C=O) groups is 1. The first-order valence-corrected chi connectivity index (χ1v) is 9.46. The lowest BCUT2D eigenvalue weighted by atomic mass is 10.3. The molecule has 9 heteroatoms. The van der Waals surface area contributed by atoms with E-state index in [1.54, 1.807) is 6.20 Å². The summed E-state index contributed by atoms with van der Waals surface area (Å²) in [5.74, 6) is 1.86. The van der Waals surface area contributed by atoms with Crippen LogP contribution in [0.5, 0.6) is 0 Å². The van der Waals surface area contributed by atoms with Gasteiger partial charge in [-0.15, -0.1) is 11.3 Å². The molecule has 25 heavy (non-hydrogen) atoms. The molecule has 0 bridgehead atoms. The van der Waals surface area contributed by atoms with Crippen molar-refractivity contribution in [3.8, 4) is 0 Å². The van der Waals surface area contributed by atoms with Crippen molar-refractivity contribution in [3.05, 3.63) is 29.4 Å². The number of rotatable bonds is 3. The molecule has 0 atom stereocenters. The fraction of sp³-hybridized carbons (Fsp3) is 0.500. The molecule has 2 aliphatic rings. The first-order chi connectivity index (χ1) is 12.3. The molecule has 3 aromatic heterocycles. The maximum Gasteiger partial charge on any atom is 0.274 e. The number of aromatic nitrogens is 4. The van der Waals surface area contributed by atoms with Crippen LogP contribution in [0.1, 0.15) is 41.6 Å². The number of nitrogens with zero attached hydrogens (tertiary/aromatic N) is 6. The zero-order valence-electron chi connectivity index (χ0n) is 13.7. The van der Waals surface area contributed by atoms with Crippen LogP contribution >= 0.6 is 11.3 Å². The van der Waals surface area contributed by atoms with Crippen LogP contribution in [0.3, 0.4) is 0 Å². The van der Waals surface area contributed by atoms with Gasteiger partial charge in [-0.3, -0.25) is 9.20 Å². The van der Waals surface area contributed by atoms with Crippen LogP contribution in [0, 0.1) is 0 Å². The van der Waals surface area contributed by atoms with Crippen LogP contribution < -0.4 is 4.90 Å². The lowest BCUT2D eigenvalue weighted by Crippen LogP contribution is -2.35. The van der Waals surface area contributed by atoms with Crippen molar-refractivity contribution in [2.45, 2.75) is 25.2 Å². The molecule has 1 amide bonds. The predicted octanol–water partition coefficient (Wildman–Crippen LogP) is 2.01. The summed E-state index contributed by atoms with van der Waals surface area (Å²) in [6.45, 7) is 2.88. The van der Waals surface area contributed by atoms with Gasteiger partial charge in [-0.05, 0) is 24.4 Å². The number of hydrogen-bond acceptors (Lipinski definition) is 7. The third kappa shape index (κ3) is 2.78. The van der Waals surface area contributed by atoms with E-state index in [-0.39, 0.29) is 5.91 Å². The Labute approximate surface area is 148 Å². The smallest absolute Gasteiger partial charge is 0.274 e. The van der Waals surface area contributed by atoms with Gasteiger partial charge in [0.05, 0.1) is 0 Å². The van der Waals surface area contributed by atoms with Crippen molar-refractivity contribution in [2.24, 2.45) is 0 Å². The van der Waals surface area contributed by atoms with Crippen LogP contribution in [0.15, 0.2) is 22.3 Å². The normalized spacial score (nSPS) is 18.7. The van der Waals surface area contributed by atoms with Gasteiger partial charge < -0.3 is 14.3 Å². The second kappa shape index (κ2) is 5.83. The van der Waals surface area contributed by atoms with Crippen molar-refractivity contribution in [2.75, 3.05) is 31.1 Å². The Morgan fingerprint density at radius 2 is 2.12 bits per heavy atom. The van der Waals surface area contributed by atoms with Gasteiger partial charge in [0.1, 0.15) is 5.69 Å². The van der Waals surface area contributed by atoms with Crippen LogP contribution in [0.25, 0.3) is 4.96 Å². The highest BCUT2D eigenvalue weighted by molar-refractivity contribution is 7.15. The molecular weight excluding hydrogens is 340 g/mol. The zero-order valence-corrected chi connectivity index (χ0v) is 14.5. The van der Waals surface area contributed by atoms with Crippen molar-refractivity contribution < 1.29 is 9.32 Å². The fourth-order valence-electron chi connectivity index (χ4n) is 3.16. The lowest BCUT2D eigenvalue weighted by Gasteiger charge is -2.20. The van der Waals surface area contributed by atoms with E-state index < -0.39 is 0 Å². The molecule has 3 aromatic rings. The minimum atomic E-state index is -0.00969. The van der Waals surface area contributed by atoms with Gasteiger partial charge in [0.25, 0.3) is 11.9 Å². The summed E-state index contributed by atoms with van der Waals surface area (Å²) >= 11 is 1.53. The van der Waals surface area contributed by atoms with Gasteiger partial charge in [-0.1, -0.05) is 0 Å². The highest BCUT2D eigenvalue weighted by Crippen LogP contribution is 2.39. The molecule has 2 fully saturated rings. The third-order valence-electron chi connectivity index (χ3n) is 4.74. The van der Waals surface area contributed by atoms with Crippen molar-refractivity contribution in [1.29, 1.82) is 0 Å². The van der Waals surface area contributed by atoms with E-state index in [1.165, 1.54) is 11.3 Å². The molecule has 0 spiro atoms. The molecule has 1 saturated carbocycles. The van der Waals surface area contributed by atoms with E-state index in [2.05, 4.69) is 20.0 Å². The van der Waals surface area contributed by atoms with Gasteiger partial charge in [-0.25, -0.2) is 4.98 Å². The number of thiazole rings is 1. The van der Waals surface area contributed by atoms with Crippen LogP contribution in [0.2, 0.25) is 0 Å². The van der Waals surface area contributed by atoms with E-state index in [1.807, 2.05) is 20.9 Å². The van der Waals surface area contributed by atoms with Gasteiger partial charge in [0.2, 0.25) is 5.89 Å². The molecule has 0 N–H and O–H groups in total. The molecule has 0 radical (unpaired) electrons. The minimum Gasteiger partial charge on any atom is -0.337 e. The topological polar surface area (TPSA) is 79.8 Å².